The van der Waals surface area contributed by atoms with Gasteiger partial charge in [0.1, 0.15) is 5.60 Å². The zero-order valence-corrected chi connectivity index (χ0v) is 17.4. The normalized spacial score (nSPS) is 11.8. The molecule has 0 unspecified atom stereocenters. The van der Waals surface area contributed by atoms with E-state index in [1.54, 1.807) is 0 Å². The highest BCUT2D eigenvalue weighted by molar-refractivity contribution is 5.67. The van der Waals surface area contributed by atoms with Gasteiger partial charge in [0.25, 0.3) is 0 Å². The maximum absolute atomic E-state index is 12.4. The van der Waals surface area contributed by atoms with E-state index in [-0.39, 0.29) is 11.7 Å². The second-order valence-corrected chi connectivity index (χ2v) is 7.36. The Bertz CT molecular complexity index is 305. The maximum Gasteiger partial charge on any atom is 0.407 e. The molecule has 3 N–H and O–H groups in total. The molecule has 0 aliphatic carbocycles. The van der Waals surface area contributed by atoms with E-state index in [2.05, 4.69) is 33.0 Å². The van der Waals surface area contributed by atoms with Crippen LogP contribution < -0.4 is 11.1 Å². The standard InChI is InChI=1S/C21H44N2O2/c1-5-9-13-19(14-10-6-2)21(15-11-7-3,16-12-8-4)25-20(24)23-18-17-22/h19H,5-18,22H2,1-4H3,(H,23,24). The molecular weight excluding hydrogens is 312 g/mol. The first kappa shape index (κ1) is 24.2. The lowest BCUT2D eigenvalue weighted by Crippen LogP contribution is -2.46. The van der Waals surface area contributed by atoms with Crippen LogP contribution in [0.3, 0.4) is 0 Å². The van der Waals surface area contributed by atoms with Crippen LogP contribution in [0.25, 0.3) is 0 Å². The van der Waals surface area contributed by atoms with Crippen molar-refractivity contribution in [1.29, 1.82) is 0 Å². The van der Waals surface area contributed by atoms with Crippen LogP contribution in [0.2, 0.25) is 0 Å². The van der Waals surface area contributed by atoms with Crippen molar-refractivity contribution in [3.05, 3.63) is 0 Å². The SMILES string of the molecule is CCCCC(CCCC)C(CCCC)(CCCC)OC(=O)NCCN. The van der Waals surface area contributed by atoms with Gasteiger partial charge < -0.3 is 15.8 Å². The molecule has 25 heavy (non-hydrogen) atoms. The Kier molecular flexibility index (Phi) is 15.0. The van der Waals surface area contributed by atoms with Crippen LogP contribution in [-0.2, 0) is 4.74 Å². The van der Waals surface area contributed by atoms with Gasteiger partial charge in [0.2, 0.25) is 0 Å². The van der Waals surface area contributed by atoms with E-state index >= 15 is 0 Å². The van der Waals surface area contributed by atoms with E-state index in [1.165, 1.54) is 25.7 Å². The van der Waals surface area contributed by atoms with Crippen molar-refractivity contribution in [2.24, 2.45) is 11.7 Å². The number of nitrogens with two attached hydrogens (primary N) is 1. The molecule has 150 valence electrons. The number of rotatable bonds is 16. The third-order valence-electron chi connectivity index (χ3n) is 5.17. The fraction of sp³-hybridized carbons (Fsp3) is 0.952. The van der Waals surface area contributed by atoms with E-state index in [9.17, 15) is 4.79 Å². The molecular formula is C21H44N2O2. The van der Waals surface area contributed by atoms with Crippen LogP contribution in [0.4, 0.5) is 4.79 Å². The highest BCUT2D eigenvalue weighted by Gasteiger charge is 2.40. The second kappa shape index (κ2) is 15.5. The Morgan fingerprint density at radius 2 is 1.40 bits per heavy atom. The van der Waals surface area contributed by atoms with Crippen molar-refractivity contribution in [3.63, 3.8) is 0 Å². The molecule has 4 heteroatoms. The van der Waals surface area contributed by atoms with Crippen molar-refractivity contribution in [1.82, 2.24) is 5.32 Å². The highest BCUT2D eigenvalue weighted by Crippen LogP contribution is 2.39. The summed E-state index contributed by atoms with van der Waals surface area (Å²) >= 11 is 0. The number of carbonyl (C=O) groups excluding carboxylic acids is 1. The summed E-state index contributed by atoms with van der Waals surface area (Å²) in [6.07, 6.45) is 13.3. The van der Waals surface area contributed by atoms with Crippen molar-refractivity contribution in [2.45, 2.75) is 110 Å². The molecule has 0 atom stereocenters. The summed E-state index contributed by atoms with van der Waals surface area (Å²) in [5.74, 6) is 0.467. The summed E-state index contributed by atoms with van der Waals surface area (Å²) < 4.78 is 6.20. The van der Waals surface area contributed by atoms with Gasteiger partial charge in [0.15, 0.2) is 0 Å². The van der Waals surface area contributed by atoms with Gasteiger partial charge in [0.05, 0.1) is 0 Å². The fourth-order valence-corrected chi connectivity index (χ4v) is 3.64. The number of carbonyl (C=O) groups is 1. The molecule has 0 heterocycles. The van der Waals surface area contributed by atoms with Gasteiger partial charge in [-0.05, 0) is 44.4 Å². The first-order chi connectivity index (χ1) is 12.1. The second-order valence-electron chi connectivity index (χ2n) is 7.36. The minimum atomic E-state index is -0.310. The molecule has 0 aromatic rings. The molecule has 0 saturated heterocycles. The molecule has 0 bridgehead atoms. The number of nitrogens with one attached hydrogen (secondary N) is 1. The number of amides is 1. The molecule has 0 aromatic heterocycles. The van der Waals surface area contributed by atoms with Crippen LogP contribution in [-0.4, -0.2) is 24.8 Å². The Labute approximate surface area is 156 Å². The molecule has 0 aromatic carbocycles. The van der Waals surface area contributed by atoms with E-state index in [0.29, 0.717) is 19.0 Å². The predicted octanol–water partition coefficient (Wildman–Crippen LogP) is 5.79. The smallest absolute Gasteiger partial charge is 0.407 e. The van der Waals surface area contributed by atoms with Gasteiger partial charge in [-0.3, -0.25) is 0 Å². The first-order valence-corrected chi connectivity index (χ1v) is 10.8. The average molecular weight is 357 g/mol. The Hall–Kier alpha value is -0.770. The molecule has 0 aliphatic heterocycles. The van der Waals surface area contributed by atoms with Crippen LogP contribution in [0, 0.1) is 5.92 Å². The maximum atomic E-state index is 12.4. The van der Waals surface area contributed by atoms with Gasteiger partial charge in [-0.15, -0.1) is 0 Å². The van der Waals surface area contributed by atoms with E-state index in [0.717, 1.165) is 51.4 Å². The topological polar surface area (TPSA) is 64.3 Å². The quantitative estimate of drug-likeness (QED) is 0.368. The molecule has 0 rings (SSSR count). The number of unbranched alkanes of at least 4 members (excludes halogenated alkanes) is 4. The first-order valence-electron chi connectivity index (χ1n) is 10.8. The lowest BCUT2D eigenvalue weighted by Gasteiger charge is -2.41. The third kappa shape index (κ3) is 10.1. The minimum Gasteiger partial charge on any atom is -0.443 e. The zero-order valence-electron chi connectivity index (χ0n) is 17.4. The largest absolute Gasteiger partial charge is 0.443 e. The van der Waals surface area contributed by atoms with Crippen molar-refractivity contribution in [2.75, 3.05) is 13.1 Å². The summed E-state index contributed by atoms with van der Waals surface area (Å²) in [6.45, 7) is 9.83. The van der Waals surface area contributed by atoms with Crippen molar-refractivity contribution in [3.8, 4) is 0 Å². The number of hydrogen-bond donors (Lipinski definition) is 2. The Morgan fingerprint density at radius 1 is 0.920 bits per heavy atom. The molecule has 0 aliphatic rings. The van der Waals surface area contributed by atoms with Gasteiger partial charge >= 0.3 is 6.09 Å². The summed E-state index contributed by atoms with van der Waals surface area (Å²) in [7, 11) is 0. The summed E-state index contributed by atoms with van der Waals surface area (Å²) in [4.78, 5) is 12.4. The van der Waals surface area contributed by atoms with Gasteiger partial charge in [-0.2, -0.15) is 0 Å². The molecule has 0 fully saturated rings. The Morgan fingerprint density at radius 3 is 1.80 bits per heavy atom. The van der Waals surface area contributed by atoms with Gasteiger partial charge in [-0.25, -0.2) is 4.79 Å². The van der Waals surface area contributed by atoms with E-state index in [4.69, 9.17) is 10.5 Å². The van der Waals surface area contributed by atoms with Crippen molar-refractivity contribution < 1.29 is 9.53 Å². The van der Waals surface area contributed by atoms with Crippen LogP contribution in [0.5, 0.6) is 0 Å². The van der Waals surface area contributed by atoms with E-state index in [1.807, 2.05) is 0 Å². The molecule has 4 nitrogen and oxygen atoms in total. The van der Waals surface area contributed by atoms with Crippen LogP contribution >= 0.6 is 0 Å². The zero-order chi connectivity index (χ0) is 19.0. The lowest BCUT2D eigenvalue weighted by atomic mass is 9.74. The Balaban J connectivity index is 5.41. The third-order valence-corrected chi connectivity index (χ3v) is 5.17. The average Bonchev–Trinajstić information content (AvgIpc) is 2.62. The number of hydrogen-bond acceptors (Lipinski definition) is 3. The lowest BCUT2D eigenvalue weighted by molar-refractivity contribution is -0.0569. The molecule has 1 amide bonds. The van der Waals surface area contributed by atoms with Crippen LogP contribution in [0.1, 0.15) is 105 Å². The minimum absolute atomic E-state index is 0.282. The van der Waals surface area contributed by atoms with Gasteiger partial charge in [0, 0.05) is 13.1 Å². The van der Waals surface area contributed by atoms with Crippen LogP contribution in [0.15, 0.2) is 0 Å². The summed E-state index contributed by atoms with van der Waals surface area (Å²) in [5.41, 5.74) is 5.21. The number of alkyl carbamates (subject to hydrolysis) is 1. The molecule has 0 saturated carbocycles. The van der Waals surface area contributed by atoms with E-state index < -0.39 is 0 Å². The molecule has 0 radical (unpaired) electrons. The highest BCUT2D eigenvalue weighted by atomic mass is 16.6. The monoisotopic (exact) mass is 356 g/mol. The van der Waals surface area contributed by atoms with Gasteiger partial charge in [-0.1, -0.05) is 66.2 Å². The number of ether oxygens (including phenoxy) is 1. The summed E-state index contributed by atoms with van der Waals surface area (Å²) in [5, 5.41) is 2.82. The predicted molar refractivity (Wildman–Crippen MR) is 108 cm³/mol. The van der Waals surface area contributed by atoms with Crippen molar-refractivity contribution >= 4 is 6.09 Å². The fourth-order valence-electron chi connectivity index (χ4n) is 3.64. The summed E-state index contributed by atoms with van der Waals surface area (Å²) in [6, 6.07) is 0. The molecule has 0 spiro atoms.